The molecule has 1 aromatic carbocycles. The van der Waals surface area contributed by atoms with Crippen LogP contribution in [-0.2, 0) is 16.0 Å². The summed E-state index contributed by atoms with van der Waals surface area (Å²) >= 11 is 0. The molecule has 3 N–H and O–H groups in total. The fourth-order valence-corrected chi connectivity index (χ4v) is 1.40. The molecular weight excluding hydrogens is 218 g/mol. The van der Waals surface area contributed by atoms with E-state index in [1.807, 2.05) is 6.07 Å². The van der Waals surface area contributed by atoms with Gasteiger partial charge in [0.15, 0.2) is 0 Å². The van der Waals surface area contributed by atoms with Gasteiger partial charge in [-0.2, -0.15) is 0 Å². The Kier molecular flexibility index (Phi) is 4.12. The first-order valence-electron chi connectivity index (χ1n) is 5.54. The summed E-state index contributed by atoms with van der Waals surface area (Å²) in [4.78, 5) is 11.6. The molecule has 0 saturated heterocycles. The molecule has 0 aliphatic carbocycles. The Labute approximate surface area is 101 Å². The van der Waals surface area contributed by atoms with Gasteiger partial charge in [-0.05, 0) is 44.9 Å². The summed E-state index contributed by atoms with van der Waals surface area (Å²) in [6.07, 6.45) is 0.351. The summed E-state index contributed by atoms with van der Waals surface area (Å²) in [5, 5.41) is 9.29. The second kappa shape index (κ2) is 5.19. The molecule has 94 valence electrons. The van der Waals surface area contributed by atoms with Crippen LogP contribution in [0.15, 0.2) is 24.3 Å². The van der Waals surface area contributed by atoms with Gasteiger partial charge in [0.1, 0.15) is 17.4 Å². The van der Waals surface area contributed by atoms with Gasteiger partial charge in [0.05, 0.1) is 0 Å². The van der Waals surface area contributed by atoms with Gasteiger partial charge in [-0.1, -0.05) is 12.1 Å². The van der Waals surface area contributed by atoms with Crippen molar-refractivity contribution in [2.24, 2.45) is 5.73 Å². The summed E-state index contributed by atoms with van der Waals surface area (Å²) in [6, 6.07) is 5.97. The highest BCUT2D eigenvalue weighted by Crippen LogP contribution is 2.14. The number of carbonyl (C=O) groups excluding carboxylic acids is 1. The average Bonchev–Trinajstić information content (AvgIpc) is 2.14. The number of nitrogens with two attached hydrogens (primary N) is 1. The molecule has 0 aliphatic rings. The summed E-state index contributed by atoms with van der Waals surface area (Å²) in [7, 11) is 0. The molecule has 0 aromatic heterocycles. The SMILES string of the molecule is CC(C)(C)OC(=O)[C@@H](N)Cc1cccc(O)c1. The van der Waals surface area contributed by atoms with Gasteiger partial charge in [0, 0.05) is 0 Å². The van der Waals surface area contributed by atoms with Crippen LogP contribution in [-0.4, -0.2) is 22.7 Å². The van der Waals surface area contributed by atoms with Crippen molar-refractivity contribution in [1.29, 1.82) is 0 Å². The quantitative estimate of drug-likeness (QED) is 0.783. The summed E-state index contributed by atoms with van der Waals surface area (Å²) < 4.78 is 5.18. The number of benzene rings is 1. The van der Waals surface area contributed by atoms with E-state index >= 15 is 0 Å². The molecule has 0 saturated carbocycles. The lowest BCUT2D eigenvalue weighted by Gasteiger charge is -2.22. The molecule has 0 bridgehead atoms. The number of carbonyl (C=O) groups is 1. The zero-order chi connectivity index (χ0) is 13.1. The Morgan fingerprint density at radius 1 is 1.47 bits per heavy atom. The Hall–Kier alpha value is -1.55. The van der Waals surface area contributed by atoms with Gasteiger partial charge in [-0.15, -0.1) is 0 Å². The van der Waals surface area contributed by atoms with Crippen LogP contribution in [0.5, 0.6) is 5.75 Å². The van der Waals surface area contributed by atoms with Gasteiger partial charge in [0.2, 0.25) is 0 Å². The zero-order valence-corrected chi connectivity index (χ0v) is 10.4. The van der Waals surface area contributed by atoms with E-state index in [9.17, 15) is 9.90 Å². The molecule has 0 unspecified atom stereocenters. The highest BCUT2D eigenvalue weighted by atomic mass is 16.6. The number of rotatable bonds is 3. The van der Waals surface area contributed by atoms with Crippen molar-refractivity contribution in [2.45, 2.75) is 38.8 Å². The van der Waals surface area contributed by atoms with Crippen LogP contribution in [0.25, 0.3) is 0 Å². The lowest BCUT2D eigenvalue weighted by molar-refractivity contribution is -0.156. The molecule has 1 aromatic rings. The predicted octanol–water partition coefficient (Wildman–Crippen LogP) is 1.60. The van der Waals surface area contributed by atoms with Gasteiger partial charge in [-0.3, -0.25) is 4.79 Å². The highest BCUT2D eigenvalue weighted by Gasteiger charge is 2.22. The van der Waals surface area contributed by atoms with Crippen molar-refractivity contribution in [3.63, 3.8) is 0 Å². The van der Waals surface area contributed by atoms with Gasteiger partial charge >= 0.3 is 5.97 Å². The maximum absolute atomic E-state index is 11.6. The van der Waals surface area contributed by atoms with Crippen molar-refractivity contribution >= 4 is 5.97 Å². The average molecular weight is 237 g/mol. The van der Waals surface area contributed by atoms with Gasteiger partial charge in [0.25, 0.3) is 0 Å². The number of esters is 1. The molecule has 0 heterocycles. The summed E-state index contributed by atoms with van der Waals surface area (Å²) in [5.74, 6) is -0.264. The van der Waals surface area contributed by atoms with Crippen LogP contribution in [0.4, 0.5) is 0 Å². The molecule has 0 aliphatic heterocycles. The number of phenolic OH excluding ortho intramolecular Hbond substituents is 1. The number of phenols is 1. The second-order valence-corrected chi connectivity index (χ2v) is 5.01. The van der Waals surface area contributed by atoms with Gasteiger partial charge in [-0.25, -0.2) is 0 Å². The van der Waals surface area contributed by atoms with Crippen molar-refractivity contribution in [3.8, 4) is 5.75 Å². The van der Waals surface area contributed by atoms with Crippen LogP contribution in [0.2, 0.25) is 0 Å². The second-order valence-electron chi connectivity index (χ2n) is 5.01. The first-order chi connectivity index (χ1) is 7.78. The Morgan fingerprint density at radius 2 is 2.12 bits per heavy atom. The number of hydrogen-bond acceptors (Lipinski definition) is 4. The van der Waals surface area contributed by atoms with E-state index in [0.717, 1.165) is 5.56 Å². The van der Waals surface area contributed by atoms with Crippen molar-refractivity contribution < 1.29 is 14.6 Å². The molecule has 4 nitrogen and oxygen atoms in total. The third-order valence-corrected chi connectivity index (χ3v) is 2.08. The normalized spacial score (nSPS) is 13.2. The molecule has 0 fully saturated rings. The highest BCUT2D eigenvalue weighted by molar-refractivity contribution is 5.76. The maximum Gasteiger partial charge on any atom is 0.323 e. The topological polar surface area (TPSA) is 72.5 Å². The predicted molar refractivity (Wildman–Crippen MR) is 65.6 cm³/mol. The molecule has 0 radical (unpaired) electrons. The van der Waals surface area contributed by atoms with E-state index in [-0.39, 0.29) is 5.75 Å². The molecular formula is C13H19NO3. The lowest BCUT2D eigenvalue weighted by atomic mass is 10.1. The monoisotopic (exact) mass is 237 g/mol. The van der Waals surface area contributed by atoms with E-state index in [4.69, 9.17) is 10.5 Å². The Bertz CT molecular complexity index is 396. The first-order valence-corrected chi connectivity index (χ1v) is 5.54. The Morgan fingerprint density at radius 3 is 2.65 bits per heavy atom. The fraction of sp³-hybridized carbons (Fsp3) is 0.462. The molecule has 0 amide bonds. The third-order valence-electron chi connectivity index (χ3n) is 2.08. The zero-order valence-electron chi connectivity index (χ0n) is 10.4. The van der Waals surface area contributed by atoms with E-state index in [1.165, 1.54) is 0 Å². The first kappa shape index (κ1) is 13.5. The number of hydrogen-bond donors (Lipinski definition) is 2. The molecule has 4 heteroatoms. The van der Waals surface area contributed by atoms with Crippen LogP contribution in [0.1, 0.15) is 26.3 Å². The van der Waals surface area contributed by atoms with E-state index in [2.05, 4.69) is 0 Å². The van der Waals surface area contributed by atoms with Crippen LogP contribution in [0.3, 0.4) is 0 Å². The van der Waals surface area contributed by atoms with Crippen LogP contribution >= 0.6 is 0 Å². The minimum absolute atomic E-state index is 0.166. The van der Waals surface area contributed by atoms with E-state index in [0.29, 0.717) is 6.42 Å². The molecule has 1 atom stereocenters. The minimum atomic E-state index is -0.712. The number of aromatic hydroxyl groups is 1. The van der Waals surface area contributed by atoms with Gasteiger partial charge < -0.3 is 15.6 Å². The van der Waals surface area contributed by atoms with E-state index in [1.54, 1.807) is 39.0 Å². The van der Waals surface area contributed by atoms with Crippen molar-refractivity contribution in [3.05, 3.63) is 29.8 Å². The minimum Gasteiger partial charge on any atom is -0.508 e. The smallest absolute Gasteiger partial charge is 0.323 e. The molecule has 0 spiro atoms. The third kappa shape index (κ3) is 4.87. The standard InChI is InChI=1S/C13H19NO3/c1-13(2,3)17-12(16)11(14)8-9-5-4-6-10(15)7-9/h4-7,11,15H,8,14H2,1-3H3/t11-/m0/s1. The lowest BCUT2D eigenvalue weighted by Crippen LogP contribution is -2.38. The van der Waals surface area contributed by atoms with E-state index < -0.39 is 17.6 Å². The maximum atomic E-state index is 11.6. The largest absolute Gasteiger partial charge is 0.508 e. The molecule has 1 rings (SSSR count). The molecule has 17 heavy (non-hydrogen) atoms. The van der Waals surface area contributed by atoms with Crippen LogP contribution < -0.4 is 5.73 Å². The summed E-state index contributed by atoms with van der Waals surface area (Å²) in [6.45, 7) is 5.39. The number of ether oxygens (including phenoxy) is 1. The fourth-order valence-electron chi connectivity index (χ4n) is 1.40. The Balaban J connectivity index is 2.60. The van der Waals surface area contributed by atoms with Crippen LogP contribution in [0, 0.1) is 0 Å². The summed E-state index contributed by atoms with van der Waals surface area (Å²) in [5.41, 5.74) is 6.02. The van der Waals surface area contributed by atoms with Crippen molar-refractivity contribution in [2.75, 3.05) is 0 Å². The van der Waals surface area contributed by atoms with Crippen molar-refractivity contribution in [1.82, 2.24) is 0 Å².